The van der Waals surface area contributed by atoms with Crippen molar-refractivity contribution in [3.8, 4) is 0 Å². The van der Waals surface area contributed by atoms with Crippen molar-refractivity contribution in [1.82, 2.24) is 10.7 Å². The maximum absolute atomic E-state index is 12.3. The van der Waals surface area contributed by atoms with Gasteiger partial charge in [-0.2, -0.15) is 5.10 Å². The summed E-state index contributed by atoms with van der Waals surface area (Å²) in [4.78, 5) is 24.5. The summed E-state index contributed by atoms with van der Waals surface area (Å²) < 4.78 is 0. The van der Waals surface area contributed by atoms with Crippen LogP contribution >= 0.6 is 0 Å². The van der Waals surface area contributed by atoms with E-state index >= 15 is 0 Å². The van der Waals surface area contributed by atoms with Crippen molar-refractivity contribution in [2.24, 2.45) is 11.0 Å². The highest BCUT2D eigenvalue weighted by Crippen LogP contribution is 2.06. The van der Waals surface area contributed by atoms with E-state index in [9.17, 15) is 9.59 Å². The zero-order valence-corrected chi connectivity index (χ0v) is 15.6. The second kappa shape index (κ2) is 12.2. The van der Waals surface area contributed by atoms with Crippen molar-refractivity contribution in [1.29, 1.82) is 0 Å². The Labute approximate surface area is 151 Å². The first-order chi connectivity index (χ1) is 12.1. The van der Waals surface area contributed by atoms with E-state index in [1.54, 1.807) is 30.5 Å². The Morgan fingerprint density at radius 2 is 1.76 bits per heavy atom. The molecule has 0 aliphatic rings. The maximum atomic E-state index is 12.3. The van der Waals surface area contributed by atoms with Gasteiger partial charge in [0.15, 0.2) is 0 Å². The van der Waals surface area contributed by atoms with Gasteiger partial charge < -0.3 is 5.32 Å². The van der Waals surface area contributed by atoms with Gasteiger partial charge in [-0.3, -0.25) is 9.59 Å². The number of amides is 2. The van der Waals surface area contributed by atoms with Crippen LogP contribution in [0.4, 0.5) is 0 Å². The van der Waals surface area contributed by atoms with Crippen molar-refractivity contribution in [3.05, 3.63) is 35.9 Å². The second-order valence-corrected chi connectivity index (χ2v) is 6.55. The van der Waals surface area contributed by atoms with Crippen molar-refractivity contribution in [2.45, 2.75) is 65.3 Å². The van der Waals surface area contributed by atoms with Crippen LogP contribution in [-0.2, 0) is 4.79 Å². The molecular weight excluding hydrogens is 314 g/mol. The number of rotatable bonds is 11. The monoisotopic (exact) mass is 345 g/mol. The van der Waals surface area contributed by atoms with Crippen LogP contribution in [0.15, 0.2) is 35.4 Å². The standard InChI is InChI=1S/C20H31N3O2/c1-4-5-6-7-8-12-15-21-23-20(25)18(16(2)3)22-19(24)17-13-10-9-11-14-17/h9-11,13-16,18H,4-8,12H2,1-3H3,(H,22,24)(H,23,25)/b21-15+. The van der Waals surface area contributed by atoms with E-state index in [4.69, 9.17) is 0 Å². The van der Waals surface area contributed by atoms with Gasteiger partial charge in [-0.15, -0.1) is 0 Å². The molecule has 2 amide bonds. The summed E-state index contributed by atoms with van der Waals surface area (Å²) in [5.74, 6) is -0.576. The molecule has 138 valence electrons. The predicted molar refractivity (Wildman–Crippen MR) is 103 cm³/mol. The van der Waals surface area contributed by atoms with Crippen molar-refractivity contribution in [2.75, 3.05) is 0 Å². The summed E-state index contributed by atoms with van der Waals surface area (Å²) in [6, 6.07) is 8.27. The minimum atomic E-state index is -0.616. The van der Waals surface area contributed by atoms with Gasteiger partial charge in [0.05, 0.1) is 0 Å². The van der Waals surface area contributed by atoms with Gasteiger partial charge in [0.2, 0.25) is 0 Å². The van der Waals surface area contributed by atoms with Crippen LogP contribution < -0.4 is 10.7 Å². The lowest BCUT2D eigenvalue weighted by molar-refractivity contribution is -0.123. The van der Waals surface area contributed by atoms with Gasteiger partial charge >= 0.3 is 0 Å². The lowest BCUT2D eigenvalue weighted by Gasteiger charge is -2.20. The minimum absolute atomic E-state index is 0.0306. The van der Waals surface area contributed by atoms with Crippen LogP contribution in [0.25, 0.3) is 0 Å². The lowest BCUT2D eigenvalue weighted by Crippen LogP contribution is -2.48. The molecular formula is C20H31N3O2. The molecule has 5 heteroatoms. The predicted octanol–water partition coefficient (Wildman–Crippen LogP) is 3.90. The molecule has 1 atom stereocenters. The molecule has 25 heavy (non-hydrogen) atoms. The largest absolute Gasteiger partial charge is 0.340 e. The number of hydrogen-bond acceptors (Lipinski definition) is 3. The Kier molecular flexibility index (Phi) is 10.2. The van der Waals surface area contributed by atoms with Crippen molar-refractivity contribution in [3.63, 3.8) is 0 Å². The number of hydrogen-bond donors (Lipinski definition) is 2. The van der Waals surface area contributed by atoms with E-state index in [1.165, 1.54) is 25.7 Å². The molecule has 1 aromatic carbocycles. The first-order valence-corrected chi connectivity index (χ1v) is 9.23. The lowest BCUT2D eigenvalue weighted by atomic mass is 10.0. The van der Waals surface area contributed by atoms with Crippen LogP contribution in [0.1, 0.15) is 69.7 Å². The van der Waals surface area contributed by atoms with Crippen molar-refractivity contribution >= 4 is 18.0 Å². The Balaban J connectivity index is 2.42. The van der Waals surface area contributed by atoms with E-state index in [-0.39, 0.29) is 17.7 Å². The average Bonchev–Trinajstić information content (AvgIpc) is 2.62. The number of nitrogens with zero attached hydrogens (tertiary/aromatic N) is 1. The Morgan fingerprint density at radius 3 is 2.40 bits per heavy atom. The van der Waals surface area contributed by atoms with E-state index < -0.39 is 6.04 Å². The molecule has 0 spiro atoms. The van der Waals surface area contributed by atoms with Gasteiger partial charge in [0.25, 0.3) is 11.8 Å². The molecule has 2 N–H and O–H groups in total. The molecule has 0 heterocycles. The second-order valence-electron chi connectivity index (χ2n) is 6.55. The summed E-state index contributed by atoms with van der Waals surface area (Å²) in [6.45, 7) is 5.98. The van der Waals surface area contributed by atoms with Gasteiger partial charge in [0, 0.05) is 11.8 Å². The summed E-state index contributed by atoms with van der Waals surface area (Å²) in [5, 5.41) is 6.78. The van der Waals surface area contributed by atoms with Gasteiger partial charge in [-0.25, -0.2) is 5.43 Å². The number of carbonyl (C=O) groups excluding carboxylic acids is 2. The molecule has 0 aromatic heterocycles. The molecule has 1 rings (SSSR count). The third-order valence-electron chi connectivity index (χ3n) is 3.97. The maximum Gasteiger partial charge on any atom is 0.262 e. The summed E-state index contributed by atoms with van der Waals surface area (Å²) in [5.41, 5.74) is 3.08. The molecule has 1 unspecified atom stereocenters. The van der Waals surface area contributed by atoms with Crippen LogP contribution in [0.3, 0.4) is 0 Å². The van der Waals surface area contributed by atoms with Crippen LogP contribution in [0.2, 0.25) is 0 Å². The number of hydrazone groups is 1. The average molecular weight is 345 g/mol. The molecule has 0 saturated heterocycles. The highest BCUT2D eigenvalue weighted by atomic mass is 16.2. The molecule has 5 nitrogen and oxygen atoms in total. The zero-order chi connectivity index (χ0) is 18.5. The van der Waals surface area contributed by atoms with Crippen LogP contribution in [0.5, 0.6) is 0 Å². The minimum Gasteiger partial charge on any atom is -0.340 e. The first kappa shape index (κ1) is 20.9. The number of benzene rings is 1. The molecule has 0 radical (unpaired) electrons. The molecule has 0 bridgehead atoms. The number of carbonyl (C=O) groups is 2. The quantitative estimate of drug-likeness (QED) is 0.363. The molecule has 0 fully saturated rings. The van der Waals surface area contributed by atoms with Crippen LogP contribution in [-0.4, -0.2) is 24.1 Å². The summed E-state index contributed by atoms with van der Waals surface area (Å²) >= 11 is 0. The third-order valence-corrected chi connectivity index (χ3v) is 3.97. The normalized spacial score (nSPS) is 12.3. The number of nitrogens with one attached hydrogen (secondary N) is 2. The third kappa shape index (κ3) is 8.47. The zero-order valence-electron chi connectivity index (χ0n) is 15.6. The Hall–Kier alpha value is -2.17. The van der Waals surface area contributed by atoms with Crippen molar-refractivity contribution < 1.29 is 9.59 Å². The van der Waals surface area contributed by atoms with E-state index in [1.807, 2.05) is 19.9 Å². The first-order valence-electron chi connectivity index (χ1n) is 9.23. The summed E-state index contributed by atoms with van der Waals surface area (Å²) in [7, 11) is 0. The Bertz CT molecular complexity index is 541. The molecule has 0 aliphatic carbocycles. The number of unbranched alkanes of at least 4 members (excludes halogenated alkanes) is 5. The van der Waals surface area contributed by atoms with Crippen LogP contribution in [0, 0.1) is 5.92 Å². The molecule has 0 aliphatic heterocycles. The smallest absolute Gasteiger partial charge is 0.262 e. The van der Waals surface area contributed by atoms with E-state index in [0.29, 0.717) is 5.56 Å². The van der Waals surface area contributed by atoms with E-state index in [0.717, 1.165) is 12.8 Å². The topological polar surface area (TPSA) is 70.6 Å². The SMILES string of the molecule is CCCCCCC/C=N/NC(=O)C(NC(=O)c1ccccc1)C(C)C. The molecule has 1 aromatic rings. The highest BCUT2D eigenvalue weighted by molar-refractivity contribution is 5.97. The van der Waals surface area contributed by atoms with Gasteiger partial charge in [-0.05, 0) is 30.9 Å². The molecule has 0 saturated carbocycles. The van der Waals surface area contributed by atoms with E-state index in [2.05, 4.69) is 22.8 Å². The fourth-order valence-electron chi connectivity index (χ4n) is 2.43. The Morgan fingerprint density at radius 1 is 1.08 bits per heavy atom. The van der Waals surface area contributed by atoms with Gasteiger partial charge in [-0.1, -0.05) is 64.7 Å². The van der Waals surface area contributed by atoms with Gasteiger partial charge in [0.1, 0.15) is 6.04 Å². The fraction of sp³-hybridized carbons (Fsp3) is 0.550. The fourth-order valence-corrected chi connectivity index (χ4v) is 2.43. The summed E-state index contributed by atoms with van der Waals surface area (Å²) in [6.07, 6.45) is 8.61. The highest BCUT2D eigenvalue weighted by Gasteiger charge is 2.24.